The van der Waals surface area contributed by atoms with Crippen molar-refractivity contribution in [2.75, 3.05) is 11.9 Å². The zero-order chi connectivity index (χ0) is 21.3. The number of fused-ring (bicyclic) bond motifs is 1. The van der Waals surface area contributed by atoms with Crippen LogP contribution in [0.15, 0.2) is 12.1 Å². The maximum Gasteiger partial charge on any atom is 0.329 e. The summed E-state index contributed by atoms with van der Waals surface area (Å²) in [5.41, 5.74) is 3.63. The largest absolute Gasteiger partial charge is 0.454 e. The molecule has 0 unspecified atom stereocenters. The number of likely N-dealkylation sites (tertiary alicyclic amines) is 1. The molecule has 1 aromatic carbocycles. The van der Waals surface area contributed by atoms with Crippen LogP contribution in [0.1, 0.15) is 49.3 Å². The molecule has 0 bridgehead atoms. The van der Waals surface area contributed by atoms with E-state index in [1.54, 1.807) is 0 Å². The Labute approximate surface area is 170 Å². The third-order valence-corrected chi connectivity index (χ3v) is 5.89. The van der Waals surface area contributed by atoms with E-state index >= 15 is 0 Å². The molecule has 2 fully saturated rings. The molecule has 3 amide bonds. The van der Waals surface area contributed by atoms with Crippen molar-refractivity contribution in [2.24, 2.45) is 11.8 Å². The Hall–Kier alpha value is -2.70. The minimum atomic E-state index is -1.03. The Bertz CT molecular complexity index is 816. The lowest BCUT2D eigenvalue weighted by molar-refractivity contribution is -0.159. The predicted molar refractivity (Wildman–Crippen MR) is 107 cm³/mol. The van der Waals surface area contributed by atoms with Crippen LogP contribution in [0.3, 0.4) is 0 Å². The summed E-state index contributed by atoms with van der Waals surface area (Å²) in [5, 5.41) is 2.76. The zero-order valence-corrected chi connectivity index (χ0v) is 17.4. The first-order chi connectivity index (χ1) is 13.7. The number of amides is 3. The summed E-state index contributed by atoms with van der Waals surface area (Å²) in [6, 6.07) is 2.89. The molecule has 7 nitrogen and oxygen atoms in total. The van der Waals surface area contributed by atoms with Crippen LogP contribution >= 0.6 is 0 Å². The molecule has 1 aliphatic carbocycles. The summed E-state index contributed by atoms with van der Waals surface area (Å²) in [6.45, 7) is 6.77. The molecule has 29 heavy (non-hydrogen) atoms. The van der Waals surface area contributed by atoms with Crippen molar-refractivity contribution in [3.63, 3.8) is 0 Å². The first kappa shape index (κ1) is 21.0. The van der Waals surface area contributed by atoms with Gasteiger partial charge in [-0.15, -0.1) is 0 Å². The van der Waals surface area contributed by atoms with E-state index in [1.165, 1.54) is 6.92 Å². The highest BCUT2D eigenvalue weighted by atomic mass is 16.5. The van der Waals surface area contributed by atoms with Crippen LogP contribution in [-0.2, 0) is 23.9 Å². The summed E-state index contributed by atoms with van der Waals surface area (Å²) >= 11 is 0. The minimum Gasteiger partial charge on any atom is -0.454 e. The number of hydrogen-bond donors (Lipinski definition) is 1. The molecule has 1 saturated heterocycles. The third kappa shape index (κ3) is 4.18. The van der Waals surface area contributed by atoms with Crippen LogP contribution in [0.25, 0.3) is 0 Å². The summed E-state index contributed by atoms with van der Waals surface area (Å²) in [7, 11) is 0. The normalized spacial score (nSPS) is 22.3. The van der Waals surface area contributed by atoms with Gasteiger partial charge in [0.2, 0.25) is 11.8 Å². The van der Waals surface area contributed by atoms with Gasteiger partial charge < -0.3 is 10.1 Å². The van der Waals surface area contributed by atoms with Crippen LogP contribution in [0, 0.1) is 32.6 Å². The van der Waals surface area contributed by atoms with E-state index in [9.17, 15) is 19.2 Å². The number of benzene rings is 1. The maximum atomic E-state index is 12.6. The number of nitrogens with one attached hydrogen (secondary N) is 1. The maximum absolute atomic E-state index is 12.6. The van der Waals surface area contributed by atoms with Gasteiger partial charge in [0.25, 0.3) is 5.91 Å². The lowest BCUT2D eigenvalue weighted by Crippen LogP contribution is -2.45. The van der Waals surface area contributed by atoms with Crippen molar-refractivity contribution < 1.29 is 23.9 Å². The number of ether oxygens (including phenoxy) is 1. The molecule has 156 valence electrons. The van der Waals surface area contributed by atoms with E-state index in [-0.39, 0.29) is 23.7 Å². The first-order valence-corrected chi connectivity index (χ1v) is 10.1. The van der Waals surface area contributed by atoms with Crippen LogP contribution < -0.4 is 5.32 Å². The van der Waals surface area contributed by atoms with Crippen LogP contribution in [0.2, 0.25) is 0 Å². The summed E-state index contributed by atoms with van der Waals surface area (Å²) in [6.07, 6.45) is 3.21. The molecule has 2 aliphatic rings. The molecule has 1 aromatic rings. The SMILES string of the molecule is Cc1cc(C)c(NC(=O)COC(=O)[C@H](C)N2C(=O)[C@H]3CCCC[C@H]3C2=O)c(C)c1. The quantitative estimate of drug-likeness (QED) is 0.606. The third-order valence-electron chi connectivity index (χ3n) is 5.89. The van der Waals surface area contributed by atoms with E-state index in [4.69, 9.17) is 4.74 Å². The number of rotatable bonds is 5. The molecular formula is C22H28N2O5. The monoisotopic (exact) mass is 400 g/mol. The van der Waals surface area contributed by atoms with Gasteiger partial charge in [0, 0.05) is 5.69 Å². The van der Waals surface area contributed by atoms with Gasteiger partial charge in [0.05, 0.1) is 11.8 Å². The van der Waals surface area contributed by atoms with Gasteiger partial charge in [-0.3, -0.25) is 19.3 Å². The fourth-order valence-electron chi connectivity index (χ4n) is 4.49. The Balaban J connectivity index is 1.58. The molecule has 3 atom stereocenters. The van der Waals surface area contributed by atoms with Crippen LogP contribution in [-0.4, -0.2) is 41.2 Å². The van der Waals surface area contributed by atoms with E-state index in [1.807, 2.05) is 32.9 Å². The van der Waals surface area contributed by atoms with E-state index < -0.39 is 24.5 Å². The molecule has 7 heteroatoms. The Morgan fingerprint density at radius 3 is 2.10 bits per heavy atom. The Kier molecular flexibility index (Phi) is 6.05. The molecule has 3 rings (SSSR count). The van der Waals surface area contributed by atoms with Gasteiger partial charge in [-0.1, -0.05) is 30.5 Å². The van der Waals surface area contributed by atoms with Crippen molar-refractivity contribution in [3.05, 3.63) is 28.8 Å². The highest BCUT2D eigenvalue weighted by Crippen LogP contribution is 2.38. The van der Waals surface area contributed by atoms with Gasteiger partial charge in [0.15, 0.2) is 6.61 Å². The van der Waals surface area contributed by atoms with Gasteiger partial charge in [0.1, 0.15) is 6.04 Å². The van der Waals surface area contributed by atoms with Gasteiger partial charge in [-0.05, 0) is 51.7 Å². The number of hydrogen-bond acceptors (Lipinski definition) is 5. The van der Waals surface area contributed by atoms with Crippen molar-refractivity contribution in [1.82, 2.24) is 4.90 Å². The molecule has 0 radical (unpaired) electrons. The fraction of sp³-hybridized carbons (Fsp3) is 0.545. The predicted octanol–water partition coefficient (Wildman–Crippen LogP) is 2.66. The first-order valence-electron chi connectivity index (χ1n) is 10.1. The van der Waals surface area contributed by atoms with Gasteiger partial charge >= 0.3 is 5.97 Å². The number of carbonyl (C=O) groups excluding carboxylic acids is 4. The van der Waals surface area contributed by atoms with Crippen molar-refractivity contribution >= 4 is 29.4 Å². The molecule has 0 aromatic heterocycles. The van der Waals surface area contributed by atoms with Crippen molar-refractivity contribution in [1.29, 1.82) is 0 Å². The van der Waals surface area contributed by atoms with Crippen molar-refractivity contribution in [2.45, 2.75) is 59.4 Å². The fourth-order valence-corrected chi connectivity index (χ4v) is 4.49. The van der Waals surface area contributed by atoms with E-state index in [2.05, 4.69) is 5.32 Å². The number of aryl methyl sites for hydroxylation is 3. The highest BCUT2D eigenvalue weighted by molar-refractivity contribution is 6.08. The average molecular weight is 400 g/mol. The van der Waals surface area contributed by atoms with Gasteiger partial charge in [-0.25, -0.2) is 4.79 Å². The lowest BCUT2D eigenvalue weighted by atomic mass is 9.81. The average Bonchev–Trinajstić information content (AvgIpc) is 2.93. The van der Waals surface area contributed by atoms with E-state index in [0.29, 0.717) is 18.5 Å². The molecule has 1 N–H and O–H groups in total. The minimum absolute atomic E-state index is 0.292. The smallest absolute Gasteiger partial charge is 0.329 e. The number of carbonyl (C=O) groups is 4. The zero-order valence-electron chi connectivity index (χ0n) is 17.4. The molecule has 1 saturated carbocycles. The lowest BCUT2D eigenvalue weighted by Gasteiger charge is -2.21. The molecule has 1 aliphatic heterocycles. The summed E-state index contributed by atoms with van der Waals surface area (Å²) in [4.78, 5) is 50.9. The van der Waals surface area contributed by atoms with Crippen LogP contribution in [0.5, 0.6) is 0 Å². The Morgan fingerprint density at radius 1 is 1.07 bits per heavy atom. The number of imide groups is 1. The van der Waals surface area contributed by atoms with Crippen molar-refractivity contribution in [3.8, 4) is 0 Å². The Morgan fingerprint density at radius 2 is 1.59 bits per heavy atom. The summed E-state index contributed by atoms with van der Waals surface area (Å²) in [5.74, 6) is -2.44. The number of anilines is 1. The molecule has 0 spiro atoms. The second-order valence-corrected chi connectivity index (χ2v) is 8.15. The second kappa shape index (κ2) is 8.35. The van der Waals surface area contributed by atoms with Crippen LogP contribution in [0.4, 0.5) is 5.69 Å². The van der Waals surface area contributed by atoms with E-state index in [0.717, 1.165) is 34.4 Å². The standard InChI is InChI=1S/C22H28N2O5/c1-12-9-13(2)19(14(3)10-12)23-18(25)11-29-22(28)15(4)24-20(26)16-7-5-6-8-17(16)21(24)27/h9-10,15-17H,5-8,11H2,1-4H3,(H,23,25)/t15-,16-,17+/m0/s1. The second-order valence-electron chi connectivity index (χ2n) is 8.15. The molecule has 1 heterocycles. The number of esters is 1. The molecular weight excluding hydrogens is 372 g/mol. The van der Waals surface area contributed by atoms with Gasteiger partial charge in [-0.2, -0.15) is 0 Å². The topological polar surface area (TPSA) is 92.8 Å². The highest BCUT2D eigenvalue weighted by Gasteiger charge is 2.51. The summed E-state index contributed by atoms with van der Waals surface area (Å²) < 4.78 is 5.11. The number of nitrogens with zero attached hydrogens (tertiary/aromatic N) is 1.